The number of nitrogens with two attached hydrogens (primary N) is 1. The predicted octanol–water partition coefficient (Wildman–Crippen LogP) is 4.87. The first-order valence-electron chi connectivity index (χ1n) is 8.12. The van der Waals surface area contributed by atoms with Gasteiger partial charge in [-0.05, 0) is 25.3 Å². The molecular formula is C18H27N3. The maximum atomic E-state index is 6.04. The normalized spacial score (nSPS) is 11.0. The van der Waals surface area contributed by atoms with E-state index in [1.165, 1.54) is 49.8 Å². The summed E-state index contributed by atoms with van der Waals surface area (Å²) in [5.41, 5.74) is 10.7. The van der Waals surface area contributed by atoms with Gasteiger partial charge in [0, 0.05) is 11.3 Å². The third kappa shape index (κ3) is 4.35. The lowest BCUT2D eigenvalue weighted by Gasteiger charge is -2.05. The van der Waals surface area contributed by atoms with Crippen molar-refractivity contribution in [3.05, 3.63) is 35.5 Å². The molecule has 3 N–H and O–H groups in total. The Hall–Kier alpha value is -1.77. The summed E-state index contributed by atoms with van der Waals surface area (Å²) in [6, 6.07) is 8.50. The third-order valence-corrected chi connectivity index (χ3v) is 3.99. The smallest absolute Gasteiger partial charge is 0.153 e. The molecule has 114 valence electrons. The van der Waals surface area contributed by atoms with Crippen LogP contribution in [0.15, 0.2) is 24.3 Å². The molecule has 0 radical (unpaired) electrons. The molecule has 0 aliphatic rings. The topological polar surface area (TPSA) is 54.7 Å². The van der Waals surface area contributed by atoms with Crippen LogP contribution in [0.1, 0.15) is 56.7 Å². The fourth-order valence-corrected chi connectivity index (χ4v) is 2.70. The maximum absolute atomic E-state index is 6.04. The number of anilines is 1. The van der Waals surface area contributed by atoms with Crippen molar-refractivity contribution in [2.45, 2.75) is 58.8 Å². The number of benzene rings is 1. The van der Waals surface area contributed by atoms with E-state index in [0.29, 0.717) is 5.82 Å². The lowest BCUT2D eigenvalue weighted by atomic mass is 10.0. The fraction of sp³-hybridized carbons (Fsp3) is 0.500. The molecule has 0 fully saturated rings. The number of aromatic amines is 1. The minimum atomic E-state index is 0.611. The summed E-state index contributed by atoms with van der Waals surface area (Å²) in [5.74, 6) is 0.611. The molecule has 1 heterocycles. The van der Waals surface area contributed by atoms with Gasteiger partial charge in [-0.15, -0.1) is 0 Å². The molecule has 2 aromatic rings. The van der Waals surface area contributed by atoms with Gasteiger partial charge in [0.15, 0.2) is 5.82 Å². The Balaban J connectivity index is 1.96. The molecule has 3 nitrogen and oxygen atoms in total. The van der Waals surface area contributed by atoms with E-state index in [4.69, 9.17) is 5.73 Å². The van der Waals surface area contributed by atoms with Gasteiger partial charge in [-0.3, -0.25) is 5.10 Å². The first-order chi connectivity index (χ1) is 10.2. The highest BCUT2D eigenvalue weighted by Gasteiger charge is 2.12. The van der Waals surface area contributed by atoms with Crippen LogP contribution in [0.4, 0.5) is 5.82 Å². The molecule has 0 amide bonds. The summed E-state index contributed by atoms with van der Waals surface area (Å²) in [5, 5.41) is 7.31. The first kappa shape index (κ1) is 15.6. The highest BCUT2D eigenvalue weighted by atomic mass is 15.2. The molecule has 0 bridgehead atoms. The number of H-pyrrole nitrogens is 1. The molecule has 0 saturated carbocycles. The van der Waals surface area contributed by atoms with Gasteiger partial charge in [0.05, 0.1) is 0 Å². The van der Waals surface area contributed by atoms with Crippen LogP contribution in [0.25, 0.3) is 11.1 Å². The molecular weight excluding hydrogens is 258 g/mol. The molecule has 0 atom stereocenters. The molecule has 2 rings (SSSR count). The molecule has 0 aliphatic carbocycles. The zero-order chi connectivity index (χ0) is 15.1. The Kier molecular flexibility index (Phi) is 5.85. The van der Waals surface area contributed by atoms with Gasteiger partial charge in [-0.25, -0.2) is 0 Å². The Morgan fingerprint density at radius 2 is 1.67 bits per heavy atom. The Morgan fingerprint density at radius 3 is 2.38 bits per heavy atom. The van der Waals surface area contributed by atoms with Gasteiger partial charge in [0.2, 0.25) is 0 Å². The summed E-state index contributed by atoms with van der Waals surface area (Å²) in [7, 11) is 0. The van der Waals surface area contributed by atoms with Crippen LogP contribution in [0.5, 0.6) is 0 Å². The van der Waals surface area contributed by atoms with Crippen LogP contribution in [-0.2, 0) is 6.42 Å². The molecule has 3 heteroatoms. The van der Waals surface area contributed by atoms with Gasteiger partial charge >= 0.3 is 0 Å². The number of rotatable bonds is 8. The molecule has 0 unspecified atom stereocenters. The number of aromatic nitrogens is 2. The molecule has 0 aliphatic heterocycles. The van der Waals surface area contributed by atoms with Crippen molar-refractivity contribution in [3.63, 3.8) is 0 Å². The summed E-state index contributed by atoms with van der Waals surface area (Å²) in [6.45, 7) is 4.35. The van der Waals surface area contributed by atoms with E-state index in [1.807, 2.05) is 0 Å². The van der Waals surface area contributed by atoms with Crippen LogP contribution in [0.2, 0.25) is 0 Å². The molecule has 1 aromatic heterocycles. The summed E-state index contributed by atoms with van der Waals surface area (Å²) in [4.78, 5) is 0. The van der Waals surface area contributed by atoms with Crippen molar-refractivity contribution in [1.29, 1.82) is 0 Å². The van der Waals surface area contributed by atoms with Crippen molar-refractivity contribution < 1.29 is 0 Å². The Labute approximate surface area is 128 Å². The highest BCUT2D eigenvalue weighted by Crippen LogP contribution is 2.29. The molecule has 0 saturated heterocycles. The minimum Gasteiger partial charge on any atom is -0.382 e. The van der Waals surface area contributed by atoms with Crippen LogP contribution in [0.3, 0.4) is 0 Å². The SMILES string of the molecule is CCCCCCCCc1[nH]nc(N)c1-c1ccc(C)cc1. The van der Waals surface area contributed by atoms with Crippen molar-refractivity contribution in [1.82, 2.24) is 10.2 Å². The van der Waals surface area contributed by atoms with Gasteiger partial charge in [-0.1, -0.05) is 68.9 Å². The van der Waals surface area contributed by atoms with E-state index < -0.39 is 0 Å². The Bertz CT molecular complexity index is 540. The highest BCUT2D eigenvalue weighted by molar-refractivity contribution is 5.76. The van der Waals surface area contributed by atoms with E-state index >= 15 is 0 Å². The zero-order valence-corrected chi connectivity index (χ0v) is 13.3. The van der Waals surface area contributed by atoms with E-state index in [9.17, 15) is 0 Å². The second-order valence-corrected chi connectivity index (χ2v) is 5.85. The number of nitrogens with zero attached hydrogens (tertiary/aromatic N) is 1. The lowest BCUT2D eigenvalue weighted by Crippen LogP contribution is -1.92. The van der Waals surface area contributed by atoms with Crippen molar-refractivity contribution in [2.75, 3.05) is 5.73 Å². The summed E-state index contributed by atoms with van der Waals surface area (Å²) < 4.78 is 0. The minimum absolute atomic E-state index is 0.611. The fourth-order valence-electron chi connectivity index (χ4n) is 2.70. The van der Waals surface area contributed by atoms with Gasteiger partial charge in [0.25, 0.3) is 0 Å². The van der Waals surface area contributed by atoms with Crippen LogP contribution in [0, 0.1) is 6.92 Å². The lowest BCUT2D eigenvalue weighted by molar-refractivity contribution is 0.604. The first-order valence-corrected chi connectivity index (χ1v) is 8.12. The average molecular weight is 285 g/mol. The number of nitrogen functional groups attached to an aromatic ring is 1. The third-order valence-electron chi connectivity index (χ3n) is 3.99. The predicted molar refractivity (Wildman–Crippen MR) is 90.3 cm³/mol. The molecule has 0 spiro atoms. The van der Waals surface area contributed by atoms with Crippen molar-refractivity contribution in [3.8, 4) is 11.1 Å². The van der Waals surface area contributed by atoms with Gasteiger partial charge in [0.1, 0.15) is 0 Å². The Morgan fingerprint density at radius 1 is 1.00 bits per heavy atom. The van der Waals surface area contributed by atoms with Crippen LogP contribution < -0.4 is 5.73 Å². The second-order valence-electron chi connectivity index (χ2n) is 5.85. The number of hydrogen-bond acceptors (Lipinski definition) is 2. The molecule has 1 aromatic carbocycles. The molecule has 21 heavy (non-hydrogen) atoms. The van der Waals surface area contributed by atoms with Gasteiger partial charge < -0.3 is 5.73 Å². The number of unbranched alkanes of at least 4 members (excludes halogenated alkanes) is 5. The van der Waals surface area contributed by atoms with Crippen molar-refractivity contribution in [2.24, 2.45) is 0 Å². The largest absolute Gasteiger partial charge is 0.382 e. The van der Waals surface area contributed by atoms with Gasteiger partial charge in [-0.2, -0.15) is 5.10 Å². The monoisotopic (exact) mass is 285 g/mol. The zero-order valence-electron chi connectivity index (χ0n) is 13.3. The van der Waals surface area contributed by atoms with Crippen LogP contribution >= 0.6 is 0 Å². The number of hydrogen-bond donors (Lipinski definition) is 2. The number of aryl methyl sites for hydroxylation is 2. The summed E-state index contributed by atoms with van der Waals surface area (Å²) in [6.07, 6.45) is 8.85. The van der Waals surface area contributed by atoms with E-state index in [0.717, 1.165) is 17.5 Å². The van der Waals surface area contributed by atoms with Crippen LogP contribution in [-0.4, -0.2) is 10.2 Å². The van der Waals surface area contributed by atoms with E-state index in [-0.39, 0.29) is 0 Å². The van der Waals surface area contributed by atoms with Crippen molar-refractivity contribution >= 4 is 5.82 Å². The quantitative estimate of drug-likeness (QED) is 0.680. The van der Waals surface area contributed by atoms with E-state index in [1.54, 1.807) is 0 Å². The number of nitrogens with one attached hydrogen (secondary N) is 1. The second kappa shape index (κ2) is 7.87. The maximum Gasteiger partial charge on any atom is 0.153 e. The standard InChI is InChI=1S/C18H27N3/c1-3-4-5-6-7-8-9-16-17(18(19)21-20-16)15-12-10-14(2)11-13-15/h10-13H,3-9H2,1-2H3,(H3,19,20,21). The summed E-state index contributed by atoms with van der Waals surface area (Å²) >= 11 is 0. The van der Waals surface area contributed by atoms with E-state index in [2.05, 4.69) is 48.3 Å². The average Bonchev–Trinajstić information content (AvgIpc) is 2.85.